The summed E-state index contributed by atoms with van der Waals surface area (Å²) in [6.07, 6.45) is 1.60. The lowest BCUT2D eigenvalue weighted by Gasteiger charge is -2.19. The maximum Gasteiger partial charge on any atom is 0.175 e. The van der Waals surface area contributed by atoms with Gasteiger partial charge in [0, 0.05) is 36.0 Å². The van der Waals surface area contributed by atoms with E-state index < -0.39 is 10.5 Å². The molecule has 0 radical (unpaired) electrons. The molecule has 6 aromatic rings. The van der Waals surface area contributed by atoms with Gasteiger partial charge in [0.2, 0.25) is 0 Å². The van der Waals surface area contributed by atoms with Crippen LogP contribution in [0.5, 0.6) is 0 Å². The monoisotopic (exact) mass is 536 g/mol. The molecular weight excluding hydrogens is 508 g/mol. The lowest BCUT2D eigenvalue weighted by molar-refractivity contribution is -0.990. The Bertz CT molecular complexity index is 1710. The van der Waals surface area contributed by atoms with Gasteiger partial charge in [-0.15, -0.1) is 0 Å². The van der Waals surface area contributed by atoms with Gasteiger partial charge in [0.25, 0.3) is 0 Å². The van der Waals surface area contributed by atoms with Crippen molar-refractivity contribution < 1.29 is 20.9 Å². The predicted octanol–water partition coefficient (Wildman–Crippen LogP) is 4.20. The highest BCUT2D eigenvalue weighted by Crippen LogP contribution is 2.35. The molecule has 2 unspecified atom stereocenters. The average molecular weight is 537 g/mol. The SMILES string of the molecule is [O-][NH+](O)c1cccc2nc3ccccc3c(NCCCCNc3c4ccccc4nc4cccc([NH+]([O-])O)c34)c12. The van der Waals surface area contributed by atoms with Gasteiger partial charge in [-0.1, -0.05) is 48.5 Å². The quantitative estimate of drug-likeness (QED) is 0.0916. The van der Waals surface area contributed by atoms with Gasteiger partial charge in [-0.3, -0.25) is 0 Å². The Kier molecular flexibility index (Phi) is 7.10. The van der Waals surface area contributed by atoms with Crippen LogP contribution in [-0.4, -0.2) is 33.5 Å². The third-order valence-corrected chi connectivity index (χ3v) is 7.08. The number of aromatic nitrogens is 2. The van der Waals surface area contributed by atoms with Crippen LogP contribution in [0.15, 0.2) is 84.9 Å². The number of unbranched alkanes of at least 4 members (excludes halogenated alkanes) is 1. The molecule has 40 heavy (non-hydrogen) atoms. The van der Waals surface area contributed by atoms with Gasteiger partial charge >= 0.3 is 0 Å². The van der Waals surface area contributed by atoms with E-state index in [0.717, 1.165) is 46.0 Å². The minimum atomic E-state index is -0.993. The zero-order valence-electron chi connectivity index (χ0n) is 21.5. The van der Waals surface area contributed by atoms with E-state index >= 15 is 0 Å². The molecule has 0 aliphatic heterocycles. The summed E-state index contributed by atoms with van der Waals surface area (Å²) in [7, 11) is 0. The van der Waals surface area contributed by atoms with Crippen LogP contribution < -0.4 is 21.1 Å². The first-order chi connectivity index (χ1) is 19.5. The molecule has 2 aromatic heterocycles. The number of rotatable bonds is 9. The van der Waals surface area contributed by atoms with Gasteiger partial charge < -0.3 is 21.0 Å². The minimum Gasteiger partial charge on any atom is -0.595 e. The topological polar surface area (TPSA) is 145 Å². The highest BCUT2D eigenvalue weighted by Gasteiger charge is 2.17. The van der Waals surface area contributed by atoms with Crippen molar-refractivity contribution in [2.75, 3.05) is 23.7 Å². The molecule has 0 bridgehead atoms. The minimum absolute atomic E-state index is 0.214. The molecular formula is C30H28N6O4. The molecule has 0 fully saturated rings. The van der Waals surface area contributed by atoms with E-state index in [1.54, 1.807) is 24.3 Å². The largest absolute Gasteiger partial charge is 0.595 e. The van der Waals surface area contributed by atoms with Crippen LogP contribution in [0, 0.1) is 10.4 Å². The Morgan fingerprint density at radius 3 is 1.38 bits per heavy atom. The maximum absolute atomic E-state index is 12.0. The van der Waals surface area contributed by atoms with Crippen molar-refractivity contribution in [3.63, 3.8) is 0 Å². The number of hydrogen-bond donors (Lipinski definition) is 6. The molecule has 6 rings (SSSR count). The van der Waals surface area contributed by atoms with Crippen LogP contribution in [0.3, 0.4) is 0 Å². The maximum atomic E-state index is 12.0. The number of fused-ring (bicyclic) bond motifs is 4. The number of nitrogens with zero attached hydrogens (tertiary/aromatic N) is 2. The molecule has 0 saturated heterocycles. The molecule has 2 heterocycles. The Hall–Kier alpha value is -4.42. The second kappa shape index (κ2) is 11.0. The van der Waals surface area contributed by atoms with E-state index in [-0.39, 0.29) is 11.4 Å². The van der Waals surface area contributed by atoms with Crippen molar-refractivity contribution in [3.05, 3.63) is 95.3 Å². The van der Waals surface area contributed by atoms with Crippen molar-refractivity contribution in [2.45, 2.75) is 12.8 Å². The van der Waals surface area contributed by atoms with Gasteiger partial charge in [0.1, 0.15) is 0 Å². The molecule has 0 saturated carbocycles. The smallest absolute Gasteiger partial charge is 0.175 e. The van der Waals surface area contributed by atoms with Crippen LogP contribution in [0.2, 0.25) is 0 Å². The van der Waals surface area contributed by atoms with E-state index in [0.29, 0.717) is 34.9 Å². The lowest BCUT2D eigenvalue weighted by Crippen LogP contribution is -2.99. The molecule has 10 nitrogen and oxygen atoms in total. The van der Waals surface area contributed by atoms with Crippen molar-refractivity contribution >= 4 is 66.4 Å². The van der Waals surface area contributed by atoms with Gasteiger partial charge in [0.05, 0.1) is 44.2 Å². The van der Waals surface area contributed by atoms with Gasteiger partial charge in [-0.05, 0) is 37.1 Å². The summed E-state index contributed by atoms with van der Waals surface area (Å²) >= 11 is 0. The first kappa shape index (κ1) is 25.8. The molecule has 202 valence electrons. The fourth-order valence-electron chi connectivity index (χ4n) is 5.29. The van der Waals surface area contributed by atoms with E-state index in [1.165, 1.54) is 0 Å². The highest BCUT2D eigenvalue weighted by atomic mass is 16.8. The van der Waals surface area contributed by atoms with Crippen LogP contribution in [0.4, 0.5) is 22.7 Å². The van der Waals surface area contributed by atoms with E-state index in [1.807, 2.05) is 60.7 Å². The summed E-state index contributed by atoms with van der Waals surface area (Å²) in [5, 5.41) is 51.6. The molecule has 0 aliphatic rings. The van der Waals surface area contributed by atoms with Crippen molar-refractivity contribution in [2.24, 2.45) is 0 Å². The summed E-state index contributed by atoms with van der Waals surface area (Å²) in [5.41, 5.74) is 4.82. The molecule has 0 amide bonds. The molecule has 6 N–H and O–H groups in total. The first-order valence-corrected chi connectivity index (χ1v) is 13.1. The molecule has 2 atom stereocenters. The Balaban J connectivity index is 1.23. The second-order valence-corrected chi connectivity index (χ2v) is 9.58. The molecule has 10 heteroatoms. The molecule has 4 aromatic carbocycles. The number of para-hydroxylation sites is 2. The number of pyridine rings is 2. The lowest BCUT2D eigenvalue weighted by atomic mass is 10.1. The Morgan fingerprint density at radius 2 is 0.950 bits per heavy atom. The predicted molar refractivity (Wildman–Crippen MR) is 156 cm³/mol. The number of nitrogens with one attached hydrogen (secondary N) is 4. The van der Waals surface area contributed by atoms with E-state index in [2.05, 4.69) is 20.6 Å². The molecule has 0 spiro atoms. The fourth-order valence-corrected chi connectivity index (χ4v) is 5.29. The number of anilines is 2. The molecule has 0 aliphatic carbocycles. The number of quaternary nitrogens is 2. The standard InChI is InChI=1S/C30H28N6O4/c37-35(38)25-15-7-13-23-27(25)29(19-9-1-3-11-21(19)33-23)31-17-5-6-18-32-30-20-10-2-4-12-22(20)34-24-14-8-16-26(28(24)30)36(39)40/h1-4,7-16,35-37,39H,5-6,17-18H2,(H,31,33)(H,32,34). The van der Waals surface area contributed by atoms with Crippen molar-refractivity contribution in [3.8, 4) is 0 Å². The third kappa shape index (κ3) is 4.75. The summed E-state index contributed by atoms with van der Waals surface area (Å²) in [5.74, 6) is 0. The van der Waals surface area contributed by atoms with Crippen LogP contribution in [0.25, 0.3) is 43.6 Å². The zero-order valence-corrected chi connectivity index (χ0v) is 21.5. The second-order valence-electron chi connectivity index (χ2n) is 9.58. The van der Waals surface area contributed by atoms with Crippen LogP contribution in [-0.2, 0) is 0 Å². The summed E-state index contributed by atoms with van der Waals surface area (Å²) in [6, 6.07) is 25.7. The highest BCUT2D eigenvalue weighted by molar-refractivity contribution is 6.12. The van der Waals surface area contributed by atoms with Gasteiger partial charge in [0.15, 0.2) is 11.4 Å². The summed E-state index contributed by atoms with van der Waals surface area (Å²) < 4.78 is 0. The first-order valence-electron chi connectivity index (χ1n) is 13.1. The number of hydrogen-bond acceptors (Lipinski definition) is 8. The summed E-state index contributed by atoms with van der Waals surface area (Å²) in [6.45, 7) is 1.24. The van der Waals surface area contributed by atoms with Gasteiger partial charge in [-0.2, -0.15) is 10.5 Å². The van der Waals surface area contributed by atoms with Crippen molar-refractivity contribution in [1.29, 1.82) is 0 Å². The van der Waals surface area contributed by atoms with Gasteiger partial charge in [-0.25, -0.2) is 20.4 Å². The normalized spacial score (nSPS) is 13.2. The van der Waals surface area contributed by atoms with E-state index in [4.69, 9.17) is 0 Å². The average Bonchev–Trinajstić information content (AvgIpc) is 2.97. The Morgan fingerprint density at radius 1 is 0.550 bits per heavy atom. The van der Waals surface area contributed by atoms with E-state index in [9.17, 15) is 20.8 Å². The number of benzene rings is 4. The zero-order chi connectivity index (χ0) is 27.6. The van der Waals surface area contributed by atoms with Crippen LogP contribution in [0.1, 0.15) is 12.8 Å². The third-order valence-electron chi connectivity index (χ3n) is 7.08. The van der Waals surface area contributed by atoms with Crippen molar-refractivity contribution in [1.82, 2.24) is 9.97 Å². The van der Waals surface area contributed by atoms with Crippen LogP contribution >= 0.6 is 0 Å². The Labute approximate surface area is 229 Å². The summed E-state index contributed by atoms with van der Waals surface area (Å²) in [4.78, 5) is 9.36. The fraction of sp³-hybridized carbons (Fsp3) is 0.133.